The molecule has 1 amide bonds. The molecule has 6 nitrogen and oxygen atoms in total. The summed E-state index contributed by atoms with van der Waals surface area (Å²) in [5.41, 5.74) is 0.473. The van der Waals surface area contributed by atoms with Gasteiger partial charge in [-0.25, -0.2) is 8.42 Å². The summed E-state index contributed by atoms with van der Waals surface area (Å²) >= 11 is 0. The molecule has 7 heteroatoms. The Hall–Kier alpha value is -1.76. The number of nitrogens with zero attached hydrogens (tertiary/aromatic N) is 1. The van der Waals surface area contributed by atoms with E-state index in [2.05, 4.69) is 0 Å². The number of amides is 1. The monoisotopic (exact) mass is 341 g/mol. The molecule has 1 aromatic rings. The SMILES string of the molecule is CCCN(C(=O)c1ccc(OC)c(OC)c1)C1CCS(=O)(=O)C1. The molecule has 1 atom stereocenters. The zero-order chi connectivity index (χ0) is 17.0. The van der Waals surface area contributed by atoms with Crippen LogP contribution in [0.2, 0.25) is 0 Å². The fourth-order valence-electron chi connectivity index (χ4n) is 2.85. The van der Waals surface area contributed by atoms with Crippen molar-refractivity contribution in [2.24, 2.45) is 0 Å². The summed E-state index contributed by atoms with van der Waals surface area (Å²) in [7, 11) is 0.0106. The van der Waals surface area contributed by atoms with E-state index in [1.165, 1.54) is 14.2 Å². The number of sulfone groups is 1. The third-order valence-corrected chi connectivity index (χ3v) is 5.76. The lowest BCUT2D eigenvalue weighted by Crippen LogP contribution is -2.41. The maximum absolute atomic E-state index is 12.8. The standard InChI is InChI=1S/C16H23NO5S/c1-4-8-17(13-7-9-23(19,20)11-13)16(18)12-5-6-14(21-2)15(10-12)22-3/h5-6,10,13H,4,7-9,11H2,1-3H3. The second-order valence-electron chi connectivity index (χ2n) is 5.63. The van der Waals surface area contributed by atoms with Crippen LogP contribution < -0.4 is 9.47 Å². The van der Waals surface area contributed by atoms with Gasteiger partial charge in [0.25, 0.3) is 5.91 Å². The van der Waals surface area contributed by atoms with Gasteiger partial charge >= 0.3 is 0 Å². The molecule has 1 fully saturated rings. The molecule has 0 bridgehead atoms. The van der Waals surface area contributed by atoms with Crippen LogP contribution in [-0.2, 0) is 9.84 Å². The van der Waals surface area contributed by atoms with E-state index < -0.39 is 9.84 Å². The summed E-state index contributed by atoms with van der Waals surface area (Å²) in [6.45, 7) is 2.51. The van der Waals surface area contributed by atoms with E-state index in [1.807, 2.05) is 6.92 Å². The van der Waals surface area contributed by atoms with E-state index in [0.717, 1.165) is 6.42 Å². The van der Waals surface area contributed by atoms with Gasteiger partial charge in [-0.3, -0.25) is 4.79 Å². The van der Waals surface area contributed by atoms with Crippen LogP contribution in [0.1, 0.15) is 30.1 Å². The molecule has 0 radical (unpaired) electrons. The fraction of sp³-hybridized carbons (Fsp3) is 0.562. The van der Waals surface area contributed by atoms with Crippen LogP contribution in [0.4, 0.5) is 0 Å². The van der Waals surface area contributed by atoms with Crippen molar-refractivity contribution in [1.29, 1.82) is 0 Å². The van der Waals surface area contributed by atoms with Gasteiger partial charge < -0.3 is 14.4 Å². The van der Waals surface area contributed by atoms with Gasteiger partial charge in [-0.15, -0.1) is 0 Å². The molecule has 1 aromatic carbocycles. The van der Waals surface area contributed by atoms with Crippen molar-refractivity contribution >= 4 is 15.7 Å². The second kappa shape index (κ2) is 7.21. The number of rotatable bonds is 6. The lowest BCUT2D eigenvalue weighted by Gasteiger charge is -2.28. The average molecular weight is 341 g/mol. The molecule has 128 valence electrons. The molecule has 1 aliphatic rings. The number of ether oxygens (including phenoxy) is 2. The lowest BCUT2D eigenvalue weighted by molar-refractivity contribution is 0.0696. The zero-order valence-electron chi connectivity index (χ0n) is 13.7. The van der Waals surface area contributed by atoms with Crippen LogP contribution >= 0.6 is 0 Å². The van der Waals surface area contributed by atoms with E-state index in [4.69, 9.17) is 9.47 Å². The lowest BCUT2D eigenvalue weighted by atomic mass is 10.1. The highest BCUT2D eigenvalue weighted by atomic mass is 32.2. The van der Waals surface area contributed by atoms with Crippen LogP contribution in [0.3, 0.4) is 0 Å². The first-order chi connectivity index (χ1) is 10.9. The smallest absolute Gasteiger partial charge is 0.254 e. The van der Waals surface area contributed by atoms with Crippen molar-refractivity contribution in [1.82, 2.24) is 4.90 Å². The van der Waals surface area contributed by atoms with E-state index in [-0.39, 0.29) is 23.5 Å². The minimum Gasteiger partial charge on any atom is -0.493 e. The van der Waals surface area contributed by atoms with E-state index in [9.17, 15) is 13.2 Å². The Balaban J connectivity index is 2.27. The number of methoxy groups -OCH3 is 2. The Labute approximate surface area is 137 Å². The second-order valence-corrected chi connectivity index (χ2v) is 7.85. The van der Waals surface area contributed by atoms with Crippen LogP contribution in [0.15, 0.2) is 18.2 Å². The highest BCUT2D eigenvalue weighted by Crippen LogP contribution is 2.29. The van der Waals surface area contributed by atoms with Gasteiger partial charge in [0.2, 0.25) is 0 Å². The van der Waals surface area contributed by atoms with Crippen LogP contribution in [0, 0.1) is 0 Å². The Bertz CT molecular complexity index is 671. The van der Waals surface area contributed by atoms with Crippen molar-refractivity contribution in [3.63, 3.8) is 0 Å². The van der Waals surface area contributed by atoms with Crippen molar-refractivity contribution in [2.45, 2.75) is 25.8 Å². The fourth-order valence-corrected chi connectivity index (χ4v) is 4.58. The summed E-state index contributed by atoms with van der Waals surface area (Å²) < 4.78 is 33.8. The predicted molar refractivity (Wildman–Crippen MR) is 87.9 cm³/mol. The Morgan fingerprint density at radius 2 is 1.96 bits per heavy atom. The average Bonchev–Trinajstić information content (AvgIpc) is 2.90. The van der Waals surface area contributed by atoms with E-state index in [1.54, 1.807) is 23.1 Å². The quantitative estimate of drug-likeness (QED) is 0.788. The number of carbonyl (C=O) groups excluding carboxylic acids is 1. The number of hydrogen-bond acceptors (Lipinski definition) is 5. The van der Waals surface area contributed by atoms with E-state index >= 15 is 0 Å². The molecule has 1 heterocycles. The molecule has 0 aromatic heterocycles. The van der Waals surface area contributed by atoms with Crippen LogP contribution in [0.25, 0.3) is 0 Å². The summed E-state index contributed by atoms with van der Waals surface area (Å²) in [5.74, 6) is 1.06. The molecule has 0 N–H and O–H groups in total. The molecule has 1 aliphatic heterocycles. The molecule has 0 saturated carbocycles. The summed E-state index contributed by atoms with van der Waals surface area (Å²) in [5, 5.41) is 0. The molecular formula is C16H23NO5S. The highest BCUT2D eigenvalue weighted by Gasteiger charge is 2.34. The van der Waals surface area contributed by atoms with Gasteiger partial charge in [0.1, 0.15) is 0 Å². The minimum absolute atomic E-state index is 0.0476. The third-order valence-electron chi connectivity index (χ3n) is 4.01. The first-order valence-electron chi connectivity index (χ1n) is 7.65. The molecule has 1 unspecified atom stereocenters. The van der Waals surface area contributed by atoms with Gasteiger partial charge in [0.15, 0.2) is 21.3 Å². The van der Waals surface area contributed by atoms with Crippen molar-refractivity contribution in [2.75, 3.05) is 32.3 Å². The van der Waals surface area contributed by atoms with Crippen molar-refractivity contribution in [3.05, 3.63) is 23.8 Å². The number of benzene rings is 1. The molecule has 1 saturated heterocycles. The molecule has 0 aliphatic carbocycles. The largest absolute Gasteiger partial charge is 0.493 e. The van der Waals surface area contributed by atoms with E-state index in [0.29, 0.717) is 30.0 Å². The van der Waals surface area contributed by atoms with Gasteiger partial charge in [-0.1, -0.05) is 6.92 Å². The van der Waals surface area contributed by atoms with Gasteiger partial charge in [-0.05, 0) is 31.0 Å². The first-order valence-corrected chi connectivity index (χ1v) is 9.47. The Kier molecular flexibility index (Phi) is 5.51. The maximum atomic E-state index is 12.8. The summed E-state index contributed by atoms with van der Waals surface area (Å²) in [6, 6.07) is 4.74. The summed E-state index contributed by atoms with van der Waals surface area (Å²) in [4.78, 5) is 14.5. The zero-order valence-corrected chi connectivity index (χ0v) is 14.6. The first kappa shape index (κ1) is 17.6. The number of carbonyl (C=O) groups is 1. The van der Waals surface area contributed by atoms with Crippen molar-refractivity contribution in [3.8, 4) is 11.5 Å². The normalized spacial score (nSPS) is 19.3. The van der Waals surface area contributed by atoms with Gasteiger partial charge in [0.05, 0.1) is 25.7 Å². The number of hydrogen-bond donors (Lipinski definition) is 0. The third kappa shape index (κ3) is 3.96. The molecule has 0 spiro atoms. The highest BCUT2D eigenvalue weighted by molar-refractivity contribution is 7.91. The summed E-state index contributed by atoms with van der Waals surface area (Å²) in [6.07, 6.45) is 1.27. The van der Waals surface area contributed by atoms with Crippen LogP contribution in [-0.4, -0.2) is 57.5 Å². The molecule has 23 heavy (non-hydrogen) atoms. The molecule has 2 rings (SSSR count). The topological polar surface area (TPSA) is 72.9 Å². The van der Waals surface area contributed by atoms with Crippen LogP contribution in [0.5, 0.6) is 11.5 Å². The molecular weight excluding hydrogens is 318 g/mol. The Morgan fingerprint density at radius 3 is 2.48 bits per heavy atom. The minimum atomic E-state index is -3.04. The van der Waals surface area contributed by atoms with Gasteiger partial charge in [-0.2, -0.15) is 0 Å². The maximum Gasteiger partial charge on any atom is 0.254 e. The predicted octanol–water partition coefficient (Wildman–Crippen LogP) is 1.74. The Morgan fingerprint density at radius 1 is 1.26 bits per heavy atom. The van der Waals surface area contributed by atoms with Crippen molar-refractivity contribution < 1.29 is 22.7 Å². The van der Waals surface area contributed by atoms with Gasteiger partial charge in [0, 0.05) is 18.2 Å².